The van der Waals surface area contributed by atoms with Gasteiger partial charge in [-0.1, -0.05) is 19.1 Å². The highest BCUT2D eigenvalue weighted by Crippen LogP contribution is 2.29. The summed E-state index contributed by atoms with van der Waals surface area (Å²) in [4.78, 5) is 14.3. The average Bonchev–Trinajstić information content (AvgIpc) is 2.45. The Balaban J connectivity index is 2.14. The Morgan fingerprint density at radius 3 is 2.79 bits per heavy atom. The fourth-order valence-corrected chi connectivity index (χ4v) is 2.64. The minimum atomic E-state index is 0.0543. The Bertz CT molecular complexity index is 448. The van der Waals surface area contributed by atoms with E-state index in [0.29, 0.717) is 5.92 Å². The van der Waals surface area contributed by atoms with Crippen LogP contribution in [-0.2, 0) is 4.79 Å². The van der Waals surface area contributed by atoms with Gasteiger partial charge >= 0.3 is 0 Å². The highest BCUT2D eigenvalue weighted by Gasteiger charge is 2.28. The molecule has 1 saturated heterocycles. The zero-order valence-electron chi connectivity index (χ0n) is 11.8. The second kappa shape index (κ2) is 6.06. The number of methoxy groups -OCH3 is 1. The predicted molar refractivity (Wildman–Crippen MR) is 76.5 cm³/mol. The molecule has 1 fully saturated rings. The molecule has 2 unspecified atom stereocenters. The average molecular weight is 262 g/mol. The predicted octanol–water partition coefficient (Wildman–Crippen LogP) is 1.90. The summed E-state index contributed by atoms with van der Waals surface area (Å²) in [7, 11) is 3.45. The van der Waals surface area contributed by atoms with Crippen LogP contribution in [0.2, 0.25) is 0 Å². The van der Waals surface area contributed by atoms with Gasteiger partial charge in [-0.15, -0.1) is 0 Å². The van der Waals surface area contributed by atoms with E-state index in [-0.39, 0.29) is 11.8 Å². The highest BCUT2D eigenvalue weighted by molar-refractivity contribution is 5.96. The van der Waals surface area contributed by atoms with Crippen molar-refractivity contribution in [3.8, 4) is 5.75 Å². The monoisotopic (exact) mass is 262 g/mol. The summed E-state index contributed by atoms with van der Waals surface area (Å²) in [5, 5.41) is 3.32. The van der Waals surface area contributed by atoms with E-state index in [2.05, 4.69) is 12.2 Å². The minimum absolute atomic E-state index is 0.0543. The minimum Gasteiger partial charge on any atom is -0.495 e. The van der Waals surface area contributed by atoms with Gasteiger partial charge in [-0.05, 0) is 31.0 Å². The van der Waals surface area contributed by atoms with Crippen LogP contribution in [0.4, 0.5) is 5.69 Å². The van der Waals surface area contributed by atoms with Gasteiger partial charge in [0.1, 0.15) is 5.75 Å². The van der Waals surface area contributed by atoms with Gasteiger partial charge < -0.3 is 15.0 Å². The molecule has 0 aromatic heterocycles. The van der Waals surface area contributed by atoms with Crippen molar-refractivity contribution in [1.29, 1.82) is 0 Å². The van der Waals surface area contributed by atoms with E-state index in [1.807, 2.05) is 31.3 Å². The van der Waals surface area contributed by atoms with Gasteiger partial charge in [0, 0.05) is 13.6 Å². The largest absolute Gasteiger partial charge is 0.495 e. The van der Waals surface area contributed by atoms with Gasteiger partial charge in [-0.2, -0.15) is 0 Å². The standard InChI is InChI=1S/C15H22N2O2/c1-11-8-12(10-16-9-11)15(18)17(2)13-6-4-5-7-14(13)19-3/h4-7,11-12,16H,8-10H2,1-3H3. The number of carbonyl (C=O) groups excluding carboxylic acids is 1. The number of para-hydroxylation sites is 2. The van der Waals surface area contributed by atoms with Crippen LogP contribution in [-0.4, -0.2) is 33.2 Å². The smallest absolute Gasteiger partial charge is 0.231 e. The summed E-state index contributed by atoms with van der Waals surface area (Å²) in [6, 6.07) is 7.62. The van der Waals surface area contributed by atoms with Crippen LogP contribution < -0.4 is 15.0 Å². The number of benzene rings is 1. The number of carbonyl (C=O) groups is 1. The Morgan fingerprint density at radius 2 is 2.11 bits per heavy atom. The number of rotatable bonds is 3. The molecule has 2 atom stereocenters. The van der Waals surface area contributed by atoms with Gasteiger partial charge in [-0.25, -0.2) is 0 Å². The van der Waals surface area contributed by atoms with Crippen LogP contribution in [0.5, 0.6) is 5.75 Å². The van der Waals surface area contributed by atoms with Crippen molar-refractivity contribution in [3.63, 3.8) is 0 Å². The molecular weight excluding hydrogens is 240 g/mol. The molecule has 1 aromatic rings. The van der Waals surface area contributed by atoms with Crippen molar-refractivity contribution in [2.75, 3.05) is 32.1 Å². The first-order valence-electron chi connectivity index (χ1n) is 6.74. The number of amides is 1. The molecular formula is C15H22N2O2. The van der Waals surface area contributed by atoms with E-state index in [9.17, 15) is 4.79 Å². The van der Waals surface area contributed by atoms with Crippen LogP contribution in [0.3, 0.4) is 0 Å². The summed E-state index contributed by atoms with van der Waals surface area (Å²) in [5.41, 5.74) is 0.827. The summed E-state index contributed by atoms with van der Waals surface area (Å²) in [6.45, 7) is 3.94. The lowest BCUT2D eigenvalue weighted by molar-refractivity contribution is -0.123. The Kier molecular flexibility index (Phi) is 4.43. The highest BCUT2D eigenvalue weighted by atomic mass is 16.5. The summed E-state index contributed by atoms with van der Waals surface area (Å²) in [6.07, 6.45) is 0.950. The molecule has 1 aromatic carbocycles. The third-order valence-electron chi connectivity index (χ3n) is 3.70. The van der Waals surface area contributed by atoms with Gasteiger partial charge in [0.15, 0.2) is 0 Å². The van der Waals surface area contributed by atoms with Crippen molar-refractivity contribution in [2.24, 2.45) is 11.8 Å². The van der Waals surface area contributed by atoms with E-state index in [0.717, 1.165) is 30.9 Å². The SMILES string of the molecule is COc1ccccc1N(C)C(=O)C1CNCC(C)C1. The molecule has 104 valence electrons. The molecule has 2 rings (SSSR count). The molecule has 0 bridgehead atoms. The fraction of sp³-hybridized carbons (Fsp3) is 0.533. The maximum Gasteiger partial charge on any atom is 0.231 e. The van der Waals surface area contributed by atoms with E-state index < -0.39 is 0 Å². The molecule has 4 heteroatoms. The fourth-order valence-electron chi connectivity index (χ4n) is 2.64. The third kappa shape index (κ3) is 3.07. The maximum atomic E-state index is 12.5. The quantitative estimate of drug-likeness (QED) is 0.904. The molecule has 0 saturated carbocycles. The van der Waals surface area contributed by atoms with E-state index >= 15 is 0 Å². The molecule has 1 amide bonds. The molecule has 1 N–H and O–H groups in total. The molecule has 1 aliphatic heterocycles. The number of nitrogens with zero attached hydrogens (tertiary/aromatic N) is 1. The maximum absolute atomic E-state index is 12.5. The van der Waals surface area contributed by atoms with Crippen molar-refractivity contribution < 1.29 is 9.53 Å². The lowest BCUT2D eigenvalue weighted by atomic mass is 9.91. The normalized spacial score (nSPS) is 22.9. The lowest BCUT2D eigenvalue weighted by Crippen LogP contribution is -2.44. The second-order valence-electron chi connectivity index (χ2n) is 5.27. The Labute approximate surface area is 114 Å². The van der Waals surface area contributed by atoms with Crippen molar-refractivity contribution in [2.45, 2.75) is 13.3 Å². The van der Waals surface area contributed by atoms with Crippen molar-refractivity contribution in [3.05, 3.63) is 24.3 Å². The molecule has 4 nitrogen and oxygen atoms in total. The lowest BCUT2D eigenvalue weighted by Gasteiger charge is -2.30. The van der Waals surface area contributed by atoms with E-state index in [1.165, 1.54) is 0 Å². The van der Waals surface area contributed by atoms with E-state index in [1.54, 1.807) is 12.0 Å². The molecule has 19 heavy (non-hydrogen) atoms. The number of hydrogen-bond donors (Lipinski definition) is 1. The van der Waals surface area contributed by atoms with Gasteiger partial charge in [0.05, 0.1) is 18.7 Å². The summed E-state index contributed by atoms with van der Waals surface area (Å²) >= 11 is 0. The van der Waals surface area contributed by atoms with E-state index in [4.69, 9.17) is 4.74 Å². The number of ether oxygens (including phenoxy) is 1. The Morgan fingerprint density at radius 1 is 1.37 bits per heavy atom. The molecule has 0 spiro atoms. The molecule has 0 radical (unpaired) electrons. The van der Waals surface area contributed by atoms with Crippen LogP contribution >= 0.6 is 0 Å². The third-order valence-corrected chi connectivity index (χ3v) is 3.70. The topological polar surface area (TPSA) is 41.6 Å². The first kappa shape index (κ1) is 13.9. The number of hydrogen-bond acceptors (Lipinski definition) is 3. The second-order valence-corrected chi connectivity index (χ2v) is 5.27. The van der Waals surface area contributed by atoms with Crippen molar-refractivity contribution in [1.82, 2.24) is 5.32 Å². The molecule has 1 aliphatic rings. The number of anilines is 1. The van der Waals surface area contributed by atoms with Crippen LogP contribution in [0.1, 0.15) is 13.3 Å². The summed E-state index contributed by atoms with van der Waals surface area (Å²) < 4.78 is 5.32. The van der Waals surface area contributed by atoms with Gasteiger partial charge in [0.2, 0.25) is 5.91 Å². The molecule has 0 aliphatic carbocycles. The number of nitrogens with one attached hydrogen (secondary N) is 1. The zero-order valence-corrected chi connectivity index (χ0v) is 11.8. The van der Waals surface area contributed by atoms with Crippen LogP contribution in [0.25, 0.3) is 0 Å². The van der Waals surface area contributed by atoms with Crippen molar-refractivity contribution >= 4 is 11.6 Å². The van der Waals surface area contributed by atoms with Gasteiger partial charge in [0.25, 0.3) is 0 Å². The number of piperidine rings is 1. The zero-order chi connectivity index (χ0) is 13.8. The first-order chi connectivity index (χ1) is 9.13. The molecule has 1 heterocycles. The summed E-state index contributed by atoms with van der Waals surface area (Å²) in [5.74, 6) is 1.49. The van der Waals surface area contributed by atoms with Crippen LogP contribution in [0.15, 0.2) is 24.3 Å². The van der Waals surface area contributed by atoms with Gasteiger partial charge in [-0.3, -0.25) is 4.79 Å². The first-order valence-corrected chi connectivity index (χ1v) is 6.74. The Hall–Kier alpha value is -1.55. The van der Waals surface area contributed by atoms with Crippen LogP contribution in [0, 0.1) is 11.8 Å².